The molecule has 116 valence electrons. The van der Waals surface area contributed by atoms with Crippen LogP contribution in [0.15, 0.2) is 30.9 Å². The predicted octanol–water partition coefficient (Wildman–Crippen LogP) is 1.66. The standard InChI is InChI=1S/C16H24N2O3/c1-3-6-13-7-8-14(15(11-13)20-2)21-12-16(19)18-10-5-4-9-17/h3,7-8,11H,1,4-6,9-10,12,17H2,2H3,(H,18,19). The third-order valence-electron chi connectivity index (χ3n) is 2.92. The van der Waals surface area contributed by atoms with Crippen molar-refractivity contribution >= 4 is 5.91 Å². The minimum atomic E-state index is -0.149. The van der Waals surface area contributed by atoms with Gasteiger partial charge in [-0.1, -0.05) is 12.1 Å². The molecule has 1 aromatic carbocycles. The van der Waals surface area contributed by atoms with E-state index < -0.39 is 0 Å². The van der Waals surface area contributed by atoms with Gasteiger partial charge in [0.2, 0.25) is 0 Å². The van der Waals surface area contributed by atoms with Gasteiger partial charge in [-0.2, -0.15) is 0 Å². The molecule has 5 nitrogen and oxygen atoms in total. The second kappa shape index (κ2) is 9.83. The summed E-state index contributed by atoms with van der Waals surface area (Å²) in [5, 5.41) is 2.78. The van der Waals surface area contributed by atoms with Gasteiger partial charge in [-0.25, -0.2) is 0 Å². The Morgan fingerprint density at radius 1 is 1.38 bits per heavy atom. The summed E-state index contributed by atoms with van der Waals surface area (Å²) in [6.07, 6.45) is 4.36. The summed E-state index contributed by atoms with van der Waals surface area (Å²) in [6, 6.07) is 5.62. The van der Waals surface area contributed by atoms with Gasteiger partial charge < -0.3 is 20.5 Å². The number of carbonyl (C=O) groups is 1. The molecule has 0 saturated carbocycles. The molecule has 5 heteroatoms. The molecule has 3 N–H and O–H groups in total. The highest BCUT2D eigenvalue weighted by Gasteiger charge is 2.08. The van der Waals surface area contributed by atoms with E-state index in [1.165, 1.54) is 0 Å². The molecule has 0 aliphatic heterocycles. The molecule has 0 bridgehead atoms. The number of nitrogens with two attached hydrogens (primary N) is 1. The monoisotopic (exact) mass is 292 g/mol. The number of ether oxygens (including phenoxy) is 2. The van der Waals surface area contributed by atoms with Crippen molar-refractivity contribution in [2.24, 2.45) is 5.73 Å². The van der Waals surface area contributed by atoms with Crippen LogP contribution in [0.3, 0.4) is 0 Å². The summed E-state index contributed by atoms with van der Waals surface area (Å²) in [6.45, 7) is 4.93. The zero-order chi connectivity index (χ0) is 15.5. The zero-order valence-electron chi connectivity index (χ0n) is 12.6. The fraction of sp³-hybridized carbons (Fsp3) is 0.438. The number of methoxy groups -OCH3 is 1. The van der Waals surface area contributed by atoms with Crippen molar-refractivity contribution in [3.05, 3.63) is 36.4 Å². The number of benzene rings is 1. The molecular formula is C16H24N2O3. The average Bonchev–Trinajstić information content (AvgIpc) is 2.50. The summed E-state index contributed by atoms with van der Waals surface area (Å²) in [4.78, 5) is 11.6. The predicted molar refractivity (Wildman–Crippen MR) is 83.7 cm³/mol. The third-order valence-corrected chi connectivity index (χ3v) is 2.92. The first kappa shape index (κ1) is 17.0. The van der Waals surface area contributed by atoms with E-state index in [-0.39, 0.29) is 12.5 Å². The molecule has 0 fully saturated rings. The summed E-state index contributed by atoms with van der Waals surface area (Å²) in [5.74, 6) is 1.02. The maximum atomic E-state index is 11.6. The van der Waals surface area contributed by atoms with Crippen LogP contribution in [0.25, 0.3) is 0 Å². The van der Waals surface area contributed by atoms with E-state index in [0.29, 0.717) is 24.6 Å². The first-order valence-corrected chi connectivity index (χ1v) is 7.08. The molecule has 1 aromatic rings. The third kappa shape index (κ3) is 6.31. The average molecular weight is 292 g/mol. The van der Waals surface area contributed by atoms with Crippen molar-refractivity contribution < 1.29 is 14.3 Å². The van der Waals surface area contributed by atoms with E-state index in [1.807, 2.05) is 18.2 Å². The van der Waals surface area contributed by atoms with Crippen molar-refractivity contribution in [3.63, 3.8) is 0 Å². The van der Waals surface area contributed by atoms with Crippen molar-refractivity contribution in [3.8, 4) is 11.5 Å². The molecule has 1 amide bonds. The second-order valence-electron chi connectivity index (χ2n) is 4.61. The van der Waals surface area contributed by atoms with Gasteiger partial charge in [0.25, 0.3) is 5.91 Å². The Bertz CT molecular complexity index is 461. The maximum Gasteiger partial charge on any atom is 0.257 e. The summed E-state index contributed by atoms with van der Waals surface area (Å²) >= 11 is 0. The topological polar surface area (TPSA) is 73.6 Å². The van der Waals surface area contributed by atoms with E-state index >= 15 is 0 Å². The van der Waals surface area contributed by atoms with Crippen LogP contribution in [-0.4, -0.2) is 32.7 Å². The Morgan fingerprint density at radius 2 is 2.19 bits per heavy atom. The number of hydrogen-bond acceptors (Lipinski definition) is 4. The Balaban J connectivity index is 2.46. The molecule has 0 aliphatic carbocycles. The molecule has 0 heterocycles. The van der Waals surface area contributed by atoms with Crippen LogP contribution in [0.2, 0.25) is 0 Å². The van der Waals surface area contributed by atoms with Crippen LogP contribution in [0.5, 0.6) is 11.5 Å². The molecule has 21 heavy (non-hydrogen) atoms. The van der Waals surface area contributed by atoms with Gasteiger partial charge in [0.1, 0.15) is 0 Å². The van der Waals surface area contributed by atoms with Gasteiger partial charge in [-0.05, 0) is 43.5 Å². The number of amides is 1. The Morgan fingerprint density at radius 3 is 2.86 bits per heavy atom. The largest absolute Gasteiger partial charge is 0.493 e. The lowest BCUT2D eigenvalue weighted by molar-refractivity contribution is -0.123. The number of carbonyl (C=O) groups excluding carboxylic acids is 1. The fourth-order valence-electron chi connectivity index (χ4n) is 1.82. The molecule has 0 atom stereocenters. The van der Waals surface area contributed by atoms with Crippen LogP contribution < -0.4 is 20.5 Å². The first-order chi connectivity index (χ1) is 10.2. The molecule has 0 aromatic heterocycles. The van der Waals surface area contributed by atoms with E-state index in [2.05, 4.69) is 11.9 Å². The molecule has 1 rings (SSSR count). The lowest BCUT2D eigenvalue weighted by Gasteiger charge is -2.12. The minimum absolute atomic E-state index is 0.0280. The first-order valence-electron chi connectivity index (χ1n) is 7.08. The van der Waals surface area contributed by atoms with E-state index in [0.717, 1.165) is 24.8 Å². The van der Waals surface area contributed by atoms with Crippen LogP contribution >= 0.6 is 0 Å². The summed E-state index contributed by atoms with van der Waals surface area (Å²) < 4.78 is 10.8. The quantitative estimate of drug-likeness (QED) is 0.508. The molecule has 0 saturated heterocycles. The number of rotatable bonds is 10. The number of unbranched alkanes of at least 4 members (excludes halogenated alkanes) is 1. The normalized spacial score (nSPS) is 10.0. The van der Waals surface area contributed by atoms with E-state index in [4.69, 9.17) is 15.2 Å². The Kier molecular flexibility index (Phi) is 7.97. The fourth-order valence-corrected chi connectivity index (χ4v) is 1.82. The highest BCUT2D eigenvalue weighted by atomic mass is 16.5. The van der Waals surface area contributed by atoms with Crippen molar-refractivity contribution in [1.29, 1.82) is 0 Å². The highest BCUT2D eigenvalue weighted by molar-refractivity contribution is 5.77. The lowest BCUT2D eigenvalue weighted by Crippen LogP contribution is -2.30. The van der Waals surface area contributed by atoms with Gasteiger partial charge in [0.15, 0.2) is 18.1 Å². The van der Waals surface area contributed by atoms with Crippen LogP contribution in [0.1, 0.15) is 18.4 Å². The van der Waals surface area contributed by atoms with Crippen molar-refractivity contribution in [2.45, 2.75) is 19.3 Å². The Hall–Kier alpha value is -2.01. The van der Waals surface area contributed by atoms with Gasteiger partial charge in [-0.15, -0.1) is 6.58 Å². The van der Waals surface area contributed by atoms with Crippen LogP contribution in [-0.2, 0) is 11.2 Å². The van der Waals surface area contributed by atoms with Gasteiger partial charge in [-0.3, -0.25) is 4.79 Å². The minimum Gasteiger partial charge on any atom is -0.493 e. The Labute approximate surface area is 126 Å². The van der Waals surface area contributed by atoms with Crippen LogP contribution in [0.4, 0.5) is 0 Å². The summed E-state index contributed by atoms with van der Waals surface area (Å²) in [7, 11) is 1.58. The molecular weight excluding hydrogens is 268 g/mol. The molecule has 0 radical (unpaired) electrons. The SMILES string of the molecule is C=CCc1ccc(OCC(=O)NCCCCN)c(OC)c1. The van der Waals surface area contributed by atoms with E-state index in [9.17, 15) is 4.79 Å². The van der Waals surface area contributed by atoms with Gasteiger partial charge >= 0.3 is 0 Å². The van der Waals surface area contributed by atoms with Crippen molar-refractivity contribution in [1.82, 2.24) is 5.32 Å². The second-order valence-corrected chi connectivity index (χ2v) is 4.61. The highest BCUT2D eigenvalue weighted by Crippen LogP contribution is 2.28. The van der Waals surface area contributed by atoms with Crippen LogP contribution in [0, 0.1) is 0 Å². The van der Waals surface area contributed by atoms with Gasteiger partial charge in [0, 0.05) is 6.54 Å². The smallest absolute Gasteiger partial charge is 0.257 e. The van der Waals surface area contributed by atoms with Crippen molar-refractivity contribution in [2.75, 3.05) is 26.8 Å². The lowest BCUT2D eigenvalue weighted by atomic mass is 10.1. The molecule has 0 spiro atoms. The molecule has 0 aliphatic rings. The number of allylic oxidation sites excluding steroid dienone is 1. The van der Waals surface area contributed by atoms with Gasteiger partial charge in [0.05, 0.1) is 7.11 Å². The number of nitrogens with one attached hydrogen (secondary N) is 1. The maximum absolute atomic E-state index is 11.6. The molecule has 0 unspecified atom stereocenters. The van der Waals surface area contributed by atoms with E-state index in [1.54, 1.807) is 13.2 Å². The number of hydrogen-bond donors (Lipinski definition) is 2. The zero-order valence-corrected chi connectivity index (χ0v) is 12.6. The summed E-state index contributed by atoms with van der Waals surface area (Å²) in [5.41, 5.74) is 6.47.